The monoisotopic (exact) mass is 567 g/mol. The second-order valence-electron chi connectivity index (χ2n) is 10.3. The zero-order valence-electron chi connectivity index (χ0n) is 22.5. The van der Waals surface area contributed by atoms with Gasteiger partial charge in [-0.15, -0.1) is 0 Å². The highest BCUT2D eigenvalue weighted by molar-refractivity contribution is 6.36. The number of carbonyl (C=O) groups excluding carboxylic acids is 1. The molecule has 2 aliphatic rings. The van der Waals surface area contributed by atoms with E-state index in [2.05, 4.69) is 28.9 Å². The molecule has 0 aliphatic carbocycles. The van der Waals surface area contributed by atoms with Crippen molar-refractivity contribution in [3.63, 3.8) is 0 Å². The minimum atomic E-state index is -0.217. The van der Waals surface area contributed by atoms with Gasteiger partial charge in [0.05, 0.1) is 40.8 Å². The average Bonchev–Trinajstić information content (AvgIpc) is 2.94. The summed E-state index contributed by atoms with van der Waals surface area (Å²) >= 11 is 12.8. The molecule has 7 nitrogen and oxygen atoms in total. The van der Waals surface area contributed by atoms with Gasteiger partial charge in [0.25, 0.3) is 0 Å². The van der Waals surface area contributed by atoms with Crippen LogP contribution < -0.4 is 15.4 Å². The van der Waals surface area contributed by atoms with Crippen molar-refractivity contribution in [2.75, 3.05) is 37.7 Å². The summed E-state index contributed by atoms with van der Waals surface area (Å²) in [6, 6.07) is 13.9. The number of nitrogens with zero attached hydrogens (tertiary/aromatic N) is 4. The predicted molar refractivity (Wildman–Crippen MR) is 156 cm³/mol. The fourth-order valence-electron chi connectivity index (χ4n) is 6.29. The van der Waals surface area contributed by atoms with Crippen molar-refractivity contribution in [1.82, 2.24) is 14.9 Å². The van der Waals surface area contributed by atoms with E-state index in [4.69, 9.17) is 38.7 Å². The number of fused-ring (bicyclic) bond motifs is 2. The van der Waals surface area contributed by atoms with Crippen molar-refractivity contribution in [2.24, 2.45) is 11.7 Å². The summed E-state index contributed by atoms with van der Waals surface area (Å²) in [4.78, 5) is 27.1. The maximum Gasteiger partial charge on any atom is 0.224 e. The molecule has 1 aromatic carbocycles. The number of amides is 1. The van der Waals surface area contributed by atoms with Crippen LogP contribution >= 0.6 is 23.2 Å². The zero-order chi connectivity index (χ0) is 27.6. The Labute approximate surface area is 240 Å². The van der Waals surface area contributed by atoms with E-state index in [0.29, 0.717) is 48.6 Å². The third-order valence-corrected chi connectivity index (χ3v) is 8.69. The highest BCUT2D eigenvalue weighted by atomic mass is 35.5. The fraction of sp³-hybridized carbons (Fsp3) is 0.433. The Morgan fingerprint density at radius 1 is 1.21 bits per heavy atom. The molecule has 0 saturated carbocycles. The Morgan fingerprint density at radius 3 is 2.79 bits per heavy atom. The summed E-state index contributed by atoms with van der Waals surface area (Å²) < 4.78 is 5.79. The Kier molecular flexibility index (Phi) is 8.31. The van der Waals surface area contributed by atoms with Crippen LogP contribution in [0.2, 0.25) is 10.0 Å². The number of nitrogens with two attached hydrogens (primary N) is 1. The molecule has 2 unspecified atom stereocenters. The van der Waals surface area contributed by atoms with Crippen LogP contribution in [0.5, 0.6) is 5.88 Å². The van der Waals surface area contributed by atoms with E-state index < -0.39 is 0 Å². The molecule has 2 atom stereocenters. The molecule has 3 aromatic rings. The molecule has 5 rings (SSSR count). The van der Waals surface area contributed by atoms with E-state index in [0.717, 1.165) is 48.6 Å². The molecule has 0 radical (unpaired) electrons. The van der Waals surface area contributed by atoms with Crippen molar-refractivity contribution < 1.29 is 9.53 Å². The van der Waals surface area contributed by atoms with E-state index in [1.807, 2.05) is 36.1 Å². The van der Waals surface area contributed by atoms with Crippen LogP contribution in [-0.4, -0.2) is 53.6 Å². The van der Waals surface area contributed by atoms with Crippen LogP contribution in [0.25, 0.3) is 11.3 Å². The van der Waals surface area contributed by atoms with E-state index in [-0.39, 0.29) is 17.2 Å². The summed E-state index contributed by atoms with van der Waals surface area (Å²) in [6.07, 6.45) is 3.88. The molecule has 1 saturated heterocycles. The lowest BCUT2D eigenvalue weighted by Gasteiger charge is -2.53. The van der Waals surface area contributed by atoms with Crippen molar-refractivity contribution in [2.45, 2.75) is 45.1 Å². The lowest BCUT2D eigenvalue weighted by atomic mass is 9.62. The van der Waals surface area contributed by atoms with Crippen molar-refractivity contribution in [3.05, 3.63) is 70.0 Å². The van der Waals surface area contributed by atoms with Gasteiger partial charge in [-0.05, 0) is 61.2 Å². The van der Waals surface area contributed by atoms with E-state index in [1.54, 1.807) is 12.3 Å². The molecule has 206 valence electrons. The molecule has 2 aromatic heterocycles. The van der Waals surface area contributed by atoms with Gasteiger partial charge in [0, 0.05) is 49.2 Å². The maximum absolute atomic E-state index is 13.2. The molecule has 9 heteroatoms. The topological polar surface area (TPSA) is 84.6 Å². The van der Waals surface area contributed by atoms with Gasteiger partial charge in [-0.3, -0.25) is 9.78 Å². The van der Waals surface area contributed by atoms with E-state index in [1.165, 1.54) is 5.56 Å². The van der Waals surface area contributed by atoms with Gasteiger partial charge in [-0.2, -0.15) is 0 Å². The minimum Gasteiger partial charge on any atom is -0.477 e. The first-order valence-electron chi connectivity index (χ1n) is 13.7. The minimum absolute atomic E-state index is 0.0733. The third-order valence-electron chi connectivity index (χ3n) is 8.16. The Balaban J connectivity index is 1.56. The summed E-state index contributed by atoms with van der Waals surface area (Å²) in [5, 5.41) is 1.28. The van der Waals surface area contributed by atoms with Gasteiger partial charge in [0.15, 0.2) is 0 Å². The number of benzene rings is 1. The molecular formula is C30H35Cl2N5O2. The number of piperidine rings is 1. The lowest BCUT2D eigenvalue weighted by Crippen LogP contribution is -2.58. The van der Waals surface area contributed by atoms with Crippen LogP contribution in [0.4, 0.5) is 5.69 Å². The van der Waals surface area contributed by atoms with Crippen LogP contribution in [0, 0.1) is 5.92 Å². The molecule has 1 spiro atoms. The number of pyridine rings is 2. The van der Waals surface area contributed by atoms with Gasteiger partial charge in [0.1, 0.15) is 0 Å². The van der Waals surface area contributed by atoms with E-state index >= 15 is 0 Å². The standard InChI is InChI=1S/C30H35Cl2N5O2/c1-3-20-17-36(27-10-7-21(31)16-24(27)32)15-12-30(20)19-37(28(38)11-13-33)18-26-23(30)8-9-25(35-26)22-6-5-14-34-29(22)39-4-2/h5-10,14,16,20H,3-4,11-13,15,17-19,33H2,1-2H3. The van der Waals surface area contributed by atoms with E-state index in [9.17, 15) is 4.79 Å². The van der Waals surface area contributed by atoms with Gasteiger partial charge >= 0.3 is 0 Å². The van der Waals surface area contributed by atoms with Gasteiger partial charge in [-0.1, -0.05) is 42.6 Å². The van der Waals surface area contributed by atoms with Crippen LogP contribution in [0.15, 0.2) is 48.7 Å². The first-order chi connectivity index (χ1) is 18.9. The first-order valence-corrected chi connectivity index (χ1v) is 14.4. The number of hydrogen-bond acceptors (Lipinski definition) is 6. The third kappa shape index (κ3) is 5.32. The Bertz CT molecular complexity index is 1350. The molecule has 4 heterocycles. The predicted octanol–water partition coefficient (Wildman–Crippen LogP) is 5.71. The van der Waals surface area contributed by atoms with Gasteiger partial charge in [-0.25, -0.2) is 4.98 Å². The van der Waals surface area contributed by atoms with Crippen LogP contribution in [0.1, 0.15) is 44.4 Å². The van der Waals surface area contributed by atoms with Crippen molar-refractivity contribution >= 4 is 34.8 Å². The highest BCUT2D eigenvalue weighted by Crippen LogP contribution is 2.48. The molecular weight excluding hydrogens is 533 g/mol. The lowest BCUT2D eigenvalue weighted by molar-refractivity contribution is -0.133. The summed E-state index contributed by atoms with van der Waals surface area (Å²) in [6.45, 7) is 7.80. The van der Waals surface area contributed by atoms with Crippen LogP contribution in [0.3, 0.4) is 0 Å². The Morgan fingerprint density at radius 2 is 2.05 bits per heavy atom. The summed E-state index contributed by atoms with van der Waals surface area (Å²) in [5.41, 5.74) is 10.4. The fourth-order valence-corrected chi connectivity index (χ4v) is 6.82. The SMILES string of the molecule is CCOc1ncccc1-c1ccc2c(n1)CN(C(=O)CCN)CC21CCN(c2ccc(Cl)cc2Cl)CC1CC. The normalized spacial score (nSPS) is 20.7. The number of aromatic nitrogens is 2. The average molecular weight is 569 g/mol. The quantitative estimate of drug-likeness (QED) is 0.393. The van der Waals surface area contributed by atoms with Crippen molar-refractivity contribution in [1.29, 1.82) is 0 Å². The molecule has 1 amide bonds. The maximum atomic E-state index is 13.2. The number of halogens is 2. The second-order valence-corrected chi connectivity index (χ2v) is 11.2. The van der Waals surface area contributed by atoms with Crippen LogP contribution in [-0.2, 0) is 16.8 Å². The number of rotatable bonds is 7. The van der Waals surface area contributed by atoms with Crippen molar-refractivity contribution in [3.8, 4) is 17.1 Å². The largest absolute Gasteiger partial charge is 0.477 e. The molecule has 2 aliphatic heterocycles. The summed E-state index contributed by atoms with van der Waals surface area (Å²) in [7, 11) is 0. The van der Waals surface area contributed by atoms with Gasteiger partial charge in [0.2, 0.25) is 11.8 Å². The molecule has 2 N–H and O–H groups in total. The first kappa shape index (κ1) is 27.7. The number of carbonyl (C=O) groups is 1. The number of hydrogen-bond donors (Lipinski definition) is 1. The number of anilines is 1. The Hall–Kier alpha value is -2.87. The van der Waals surface area contributed by atoms with Gasteiger partial charge < -0.3 is 20.3 Å². The zero-order valence-corrected chi connectivity index (χ0v) is 24.0. The molecule has 1 fully saturated rings. The number of ether oxygens (including phenoxy) is 1. The smallest absolute Gasteiger partial charge is 0.224 e. The summed E-state index contributed by atoms with van der Waals surface area (Å²) in [5.74, 6) is 0.924. The highest BCUT2D eigenvalue weighted by Gasteiger charge is 2.49. The second kappa shape index (κ2) is 11.7. The molecule has 0 bridgehead atoms. The molecule has 39 heavy (non-hydrogen) atoms.